The van der Waals surface area contributed by atoms with Crippen LogP contribution in [0, 0.1) is 6.92 Å². The molecule has 0 aliphatic heterocycles. The van der Waals surface area contributed by atoms with E-state index in [2.05, 4.69) is 9.44 Å². The fourth-order valence-corrected chi connectivity index (χ4v) is 2.91. The van der Waals surface area contributed by atoms with Crippen molar-refractivity contribution in [3.63, 3.8) is 0 Å². The lowest BCUT2D eigenvalue weighted by Gasteiger charge is -2.10. The number of carbonyl (C=O) groups excluding carboxylic acids is 1. The Bertz CT molecular complexity index is 1100. The predicted molar refractivity (Wildman–Crippen MR) is 102 cm³/mol. The van der Waals surface area contributed by atoms with E-state index in [9.17, 15) is 13.2 Å². The summed E-state index contributed by atoms with van der Waals surface area (Å²) in [6.07, 6.45) is 0.880. The second-order valence-corrected chi connectivity index (χ2v) is 7.45. The SMILES string of the molecule is Cc1ccc(C(=O)/C(=N/OS(C)(=O)=O)c2ccccc2)c2ccccc12. The largest absolute Gasteiger partial charge is 0.325 e. The Morgan fingerprint density at radius 3 is 2.15 bits per heavy atom. The van der Waals surface area contributed by atoms with Gasteiger partial charge >= 0.3 is 10.1 Å². The van der Waals surface area contributed by atoms with Gasteiger partial charge in [-0.3, -0.25) is 9.08 Å². The first kappa shape index (κ1) is 17.8. The van der Waals surface area contributed by atoms with E-state index in [1.54, 1.807) is 36.4 Å². The minimum Gasteiger partial charge on any atom is -0.287 e. The van der Waals surface area contributed by atoms with Gasteiger partial charge < -0.3 is 0 Å². The highest BCUT2D eigenvalue weighted by Gasteiger charge is 2.20. The molecule has 0 amide bonds. The highest BCUT2D eigenvalue weighted by Crippen LogP contribution is 2.24. The molecule has 132 valence electrons. The third kappa shape index (κ3) is 3.81. The molecule has 0 atom stereocenters. The lowest BCUT2D eigenvalue weighted by molar-refractivity contribution is 0.106. The van der Waals surface area contributed by atoms with Gasteiger partial charge in [0.2, 0.25) is 5.78 Å². The summed E-state index contributed by atoms with van der Waals surface area (Å²) < 4.78 is 27.2. The van der Waals surface area contributed by atoms with Crippen LogP contribution in [-0.4, -0.2) is 26.2 Å². The Hall–Kier alpha value is -2.99. The first-order valence-electron chi connectivity index (χ1n) is 7.92. The Morgan fingerprint density at radius 1 is 0.885 bits per heavy atom. The molecule has 0 unspecified atom stereocenters. The molecule has 26 heavy (non-hydrogen) atoms. The van der Waals surface area contributed by atoms with Crippen molar-refractivity contribution in [2.45, 2.75) is 6.92 Å². The van der Waals surface area contributed by atoms with E-state index in [-0.39, 0.29) is 5.71 Å². The molecular formula is C20H17NO4S. The van der Waals surface area contributed by atoms with Crippen LogP contribution in [0.5, 0.6) is 0 Å². The van der Waals surface area contributed by atoms with Crippen LogP contribution < -0.4 is 0 Å². The summed E-state index contributed by atoms with van der Waals surface area (Å²) in [5.74, 6) is -0.406. The Morgan fingerprint density at radius 2 is 1.50 bits per heavy atom. The number of fused-ring (bicyclic) bond motifs is 1. The van der Waals surface area contributed by atoms with Crippen LogP contribution in [0.3, 0.4) is 0 Å². The minimum absolute atomic E-state index is 0.0648. The van der Waals surface area contributed by atoms with Crippen molar-refractivity contribution in [2.75, 3.05) is 6.26 Å². The summed E-state index contributed by atoms with van der Waals surface area (Å²) in [4.78, 5) is 13.2. The molecule has 0 saturated heterocycles. The maximum Gasteiger partial charge on any atom is 0.325 e. The van der Waals surface area contributed by atoms with Gasteiger partial charge in [-0.25, -0.2) is 0 Å². The topological polar surface area (TPSA) is 72.8 Å². The molecular weight excluding hydrogens is 350 g/mol. The summed E-state index contributed by atoms with van der Waals surface area (Å²) >= 11 is 0. The van der Waals surface area contributed by atoms with E-state index in [0.29, 0.717) is 11.1 Å². The molecule has 0 spiro atoms. The number of hydrogen-bond donors (Lipinski definition) is 0. The zero-order chi connectivity index (χ0) is 18.7. The van der Waals surface area contributed by atoms with Gasteiger partial charge in [0.15, 0.2) is 5.71 Å². The van der Waals surface area contributed by atoms with E-state index in [0.717, 1.165) is 22.6 Å². The second-order valence-electron chi connectivity index (χ2n) is 5.89. The van der Waals surface area contributed by atoms with Crippen LogP contribution >= 0.6 is 0 Å². The zero-order valence-electron chi connectivity index (χ0n) is 14.3. The van der Waals surface area contributed by atoms with Crippen LogP contribution in [0.25, 0.3) is 10.8 Å². The number of Topliss-reactive ketones (excluding diaryl/α,β-unsaturated/α-hetero) is 1. The van der Waals surface area contributed by atoms with Crippen molar-refractivity contribution >= 4 is 32.4 Å². The highest BCUT2D eigenvalue weighted by molar-refractivity contribution is 7.85. The normalized spacial score (nSPS) is 12.2. The van der Waals surface area contributed by atoms with Crippen LogP contribution in [0.4, 0.5) is 0 Å². The van der Waals surface area contributed by atoms with Gasteiger partial charge in [-0.15, -0.1) is 0 Å². The molecule has 0 bridgehead atoms. The minimum atomic E-state index is -3.83. The number of oxime groups is 1. The smallest absolute Gasteiger partial charge is 0.287 e. The maximum absolute atomic E-state index is 13.2. The molecule has 0 N–H and O–H groups in total. The van der Waals surface area contributed by atoms with Crippen molar-refractivity contribution in [1.29, 1.82) is 0 Å². The Labute approximate surface area is 152 Å². The molecule has 0 saturated carbocycles. The zero-order valence-corrected chi connectivity index (χ0v) is 15.2. The molecule has 0 aliphatic carbocycles. The van der Waals surface area contributed by atoms with Crippen LogP contribution in [0.2, 0.25) is 0 Å². The molecule has 3 aromatic rings. The fraction of sp³-hybridized carbons (Fsp3) is 0.100. The van der Waals surface area contributed by atoms with E-state index in [1.807, 2.05) is 37.3 Å². The van der Waals surface area contributed by atoms with Crippen molar-refractivity contribution in [3.05, 3.63) is 83.4 Å². The van der Waals surface area contributed by atoms with Crippen LogP contribution in [0.15, 0.2) is 71.9 Å². The van der Waals surface area contributed by atoms with Gasteiger partial charge in [0.25, 0.3) is 0 Å². The van der Waals surface area contributed by atoms with Gasteiger partial charge in [-0.05, 0) is 23.3 Å². The van der Waals surface area contributed by atoms with Crippen molar-refractivity contribution in [3.8, 4) is 0 Å². The Balaban J connectivity index is 2.17. The van der Waals surface area contributed by atoms with Gasteiger partial charge in [0, 0.05) is 11.1 Å². The molecule has 3 rings (SSSR count). The number of hydrogen-bond acceptors (Lipinski definition) is 5. The second kappa shape index (κ2) is 7.09. The monoisotopic (exact) mass is 367 g/mol. The summed E-state index contributed by atoms with van der Waals surface area (Å²) in [5, 5.41) is 5.38. The summed E-state index contributed by atoms with van der Waals surface area (Å²) in [6, 6.07) is 19.8. The summed E-state index contributed by atoms with van der Waals surface area (Å²) in [5.41, 5.74) is 1.89. The van der Waals surface area contributed by atoms with Gasteiger partial charge in [0.1, 0.15) is 0 Å². The summed E-state index contributed by atoms with van der Waals surface area (Å²) in [6.45, 7) is 1.97. The first-order valence-corrected chi connectivity index (χ1v) is 9.73. The van der Waals surface area contributed by atoms with Gasteiger partial charge in [-0.1, -0.05) is 71.9 Å². The number of carbonyl (C=O) groups is 1. The van der Waals surface area contributed by atoms with Crippen LogP contribution in [-0.2, 0) is 14.4 Å². The van der Waals surface area contributed by atoms with Gasteiger partial charge in [0.05, 0.1) is 6.26 Å². The number of ketones is 1. The number of aryl methyl sites for hydroxylation is 1. The Kier molecular flexibility index (Phi) is 4.86. The van der Waals surface area contributed by atoms with E-state index in [4.69, 9.17) is 0 Å². The molecule has 0 heterocycles. The molecule has 5 nitrogen and oxygen atoms in total. The predicted octanol–water partition coefficient (Wildman–Crippen LogP) is 3.71. The third-order valence-electron chi connectivity index (χ3n) is 3.91. The van der Waals surface area contributed by atoms with E-state index >= 15 is 0 Å². The fourth-order valence-electron chi connectivity index (χ4n) is 2.70. The quantitative estimate of drug-likeness (QED) is 0.391. The van der Waals surface area contributed by atoms with Crippen molar-refractivity contribution < 1.29 is 17.5 Å². The summed E-state index contributed by atoms with van der Waals surface area (Å²) in [7, 11) is -3.83. The number of nitrogens with zero attached hydrogens (tertiary/aromatic N) is 1. The van der Waals surface area contributed by atoms with Gasteiger partial charge in [-0.2, -0.15) is 8.42 Å². The van der Waals surface area contributed by atoms with E-state index in [1.165, 1.54) is 0 Å². The molecule has 0 aromatic heterocycles. The van der Waals surface area contributed by atoms with Crippen molar-refractivity contribution in [2.24, 2.45) is 5.16 Å². The average Bonchev–Trinajstić information content (AvgIpc) is 2.62. The maximum atomic E-state index is 13.2. The lowest BCUT2D eigenvalue weighted by atomic mass is 9.94. The third-order valence-corrected chi connectivity index (χ3v) is 4.26. The van der Waals surface area contributed by atoms with E-state index < -0.39 is 15.9 Å². The first-order chi connectivity index (χ1) is 12.4. The highest BCUT2D eigenvalue weighted by atomic mass is 32.2. The molecule has 6 heteroatoms. The molecule has 3 aromatic carbocycles. The van der Waals surface area contributed by atoms with Crippen LogP contribution in [0.1, 0.15) is 21.5 Å². The number of benzene rings is 3. The average molecular weight is 367 g/mol. The number of rotatable bonds is 5. The van der Waals surface area contributed by atoms with Crippen molar-refractivity contribution in [1.82, 2.24) is 0 Å². The molecule has 0 fully saturated rings. The molecule has 0 aliphatic rings. The molecule has 0 radical (unpaired) electrons. The standard InChI is InChI=1S/C20H17NO4S/c1-14-12-13-18(17-11-7-6-10-16(14)17)20(22)19(21-25-26(2,23)24)15-8-4-3-5-9-15/h3-13H,1-2H3/b21-19+. The lowest BCUT2D eigenvalue weighted by Crippen LogP contribution is -2.18.